The van der Waals surface area contributed by atoms with Crippen molar-refractivity contribution in [1.29, 1.82) is 5.26 Å². The maximum atomic E-state index is 11.1. The SMILES string of the molecule is N#CCNC(=O)CSC1CCNCC1. The number of piperidine rings is 1. The molecule has 14 heavy (non-hydrogen) atoms. The number of nitrogens with zero attached hydrogens (tertiary/aromatic N) is 1. The van der Waals surface area contributed by atoms with Gasteiger partial charge in [0.1, 0.15) is 6.54 Å². The number of amides is 1. The second-order valence-corrected chi connectivity index (χ2v) is 4.48. The first kappa shape index (κ1) is 11.3. The van der Waals surface area contributed by atoms with Crippen molar-refractivity contribution < 1.29 is 4.79 Å². The Labute approximate surface area is 88.4 Å². The first-order valence-electron chi connectivity index (χ1n) is 4.79. The minimum Gasteiger partial charge on any atom is -0.342 e. The van der Waals surface area contributed by atoms with E-state index in [2.05, 4.69) is 10.6 Å². The van der Waals surface area contributed by atoms with Crippen LogP contribution >= 0.6 is 11.8 Å². The molecular weight excluding hydrogens is 198 g/mol. The zero-order chi connectivity index (χ0) is 10.2. The van der Waals surface area contributed by atoms with Crippen LogP contribution in [0.5, 0.6) is 0 Å². The Morgan fingerprint density at radius 2 is 2.29 bits per heavy atom. The first-order valence-corrected chi connectivity index (χ1v) is 5.84. The Morgan fingerprint density at radius 1 is 1.57 bits per heavy atom. The molecule has 0 radical (unpaired) electrons. The summed E-state index contributed by atoms with van der Waals surface area (Å²) in [5, 5.41) is 14.7. The molecule has 0 aromatic rings. The lowest BCUT2D eigenvalue weighted by atomic mass is 10.2. The quantitative estimate of drug-likeness (QED) is 0.651. The van der Waals surface area contributed by atoms with Gasteiger partial charge in [-0.2, -0.15) is 5.26 Å². The van der Waals surface area contributed by atoms with Gasteiger partial charge < -0.3 is 10.6 Å². The predicted molar refractivity (Wildman–Crippen MR) is 57.0 cm³/mol. The van der Waals surface area contributed by atoms with Crippen LogP contribution in [-0.2, 0) is 4.79 Å². The fourth-order valence-corrected chi connectivity index (χ4v) is 2.40. The lowest BCUT2D eigenvalue weighted by molar-refractivity contribution is -0.118. The molecule has 0 bridgehead atoms. The summed E-state index contributed by atoms with van der Waals surface area (Å²) in [7, 11) is 0. The number of rotatable bonds is 4. The minimum absolute atomic E-state index is 0.0323. The molecule has 0 spiro atoms. The fraction of sp³-hybridized carbons (Fsp3) is 0.778. The molecule has 1 amide bonds. The van der Waals surface area contributed by atoms with Gasteiger partial charge in [-0.05, 0) is 25.9 Å². The highest BCUT2D eigenvalue weighted by Gasteiger charge is 2.14. The number of carbonyl (C=O) groups is 1. The Hall–Kier alpha value is -0.730. The molecule has 78 valence electrons. The number of nitriles is 1. The predicted octanol–water partition coefficient (Wildman–Crippen LogP) is 0.111. The summed E-state index contributed by atoms with van der Waals surface area (Å²) in [5.74, 6) is 0.446. The summed E-state index contributed by atoms with van der Waals surface area (Å²) in [6.07, 6.45) is 2.27. The van der Waals surface area contributed by atoms with Gasteiger partial charge in [-0.3, -0.25) is 4.79 Å². The second kappa shape index (κ2) is 6.68. The van der Waals surface area contributed by atoms with Crippen LogP contribution in [0.3, 0.4) is 0 Å². The molecule has 0 aromatic carbocycles. The van der Waals surface area contributed by atoms with Gasteiger partial charge >= 0.3 is 0 Å². The van der Waals surface area contributed by atoms with Gasteiger partial charge in [0.15, 0.2) is 0 Å². The van der Waals surface area contributed by atoms with E-state index in [1.165, 1.54) is 0 Å². The molecule has 1 fully saturated rings. The zero-order valence-electron chi connectivity index (χ0n) is 8.08. The number of hydrogen-bond donors (Lipinski definition) is 2. The topological polar surface area (TPSA) is 64.9 Å². The molecule has 1 aliphatic rings. The highest BCUT2D eigenvalue weighted by atomic mass is 32.2. The molecule has 1 rings (SSSR count). The Morgan fingerprint density at radius 3 is 2.93 bits per heavy atom. The normalized spacial score (nSPS) is 17.4. The van der Waals surface area contributed by atoms with E-state index >= 15 is 0 Å². The van der Waals surface area contributed by atoms with E-state index in [1.54, 1.807) is 11.8 Å². The monoisotopic (exact) mass is 213 g/mol. The van der Waals surface area contributed by atoms with Crippen LogP contribution in [0.2, 0.25) is 0 Å². The third-order valence-electron chi connectivity index (χ3n) is 2.10. The van der Waals surface area contributed by atoms with Crippen molar-refractivity contribution in [2.75, 3.05) is 25.4 Å². The van der Waals surface area contributed by atoms with E-state index in [9.17, 15) is 4.79 Å². The summed E-state index contributed by atoms with van der Waals surface area (Å²) in [4.78, 5) is 11.1. The number of thioether (sulfide) groups is 1. The molecule has 0 atom stereocenters. The molecule has 0 aliphatic carbocycles. The van der Waals surface area contributed by atoms with Crippen LogP contribution in [0.1, 0.15) is 12.8 Å². The molecule has 5 heteroatoms. The van der Waals surface area contributed by atoms with Gasteiger partial charge in [0.2, 0.25) is 5.91 Å². The molecule has 1 heterocycles. The van der Waals surface area contributed by atoms with Crippen LogP contribution in [-0.4, -0.2) is 36.5 Å². The molecule has 4 nitrogen and oxygen atoms in total. The zero-order valence-corrected chi connectivity index (χ0v) is 8.90. The average Bonchev–Trinajstić information content (AvgIpc) is 2.25. The van der Waals surface area contributed by atoms with Crippen molar-refractivity contribution in [3.63, 3.8) is 0 Å². The van der Waals surface area contributed by atoms with Crippen molar-refractivity contribution in [3.05, 3.63) is 0 Å². The highest BCUT2D eigenvalue weighted by molar-refractivity contribution is 8.00. The largest absolute Gasteiger partial charge is 0.342 e. The van der Waals surface area contributed by atoms with Crippen LogP contribution in [0.25, 0.3) is 0 Å². The van der Waals surface area contributed by atoms with Crippen molar-refractivity contribution in [1.82, 2.24) is 10.6 Å². The molecule has 0 saturated carbocycles. The molecule has 1 aliphatic heterocycles. The van der Waals surface area contributed by atoms with Crippen LogP contribution < -0.4 is 10.6 Å². The number of hydrogen-bond acceptors (Lipinski definition) is 4. The average molecular weight is 213 g/mol. The van der Waals surface area contributed by atoms with Gasteiger partial charge in [0.05, 0.1) is 11.8 Å². The Kier molecular flexibility index (Phi) is 5.42. The highest BCUT2D eigenvalue weighted by Crippen LogP contribution is 2.19. The Balaban J connectivity index is 2.07. The molecule has 2 N–H and O–H groups in total. The van der Waals surface area contributed by atoms with E-state index in [1.807, 2.05) is 6.07 Å². The summed E-state index contributed by atoms with van der Waals surface area (Å²) in [5.41, 5.74) is 0. The van der Waals surface area contributed by atoms with Crippen LogP contribution in [0.4, 0.5) is 0 Å². The van der Waals surface area contributed by atoms with Crippen molar-refractivity contribution in [2.24, 2.45) is 0 Å². The van der Waals surface area contributed by atoms with Crippen molar-refractivity contribution >= 4 is 17.7 Å². The first-order chi connectivity index (χ1) is 6.83. The summed E-state index contributed by atoms with van der Waals surface area (Å²) in [6.45, 7) is 2.22. The van der Waals surface area contributed by atoms with Crippen LogP contribution in [0.15, 0.2) is 0 Å². The van der Waals surface area contributed by atoms with Gasteiger partial charge in [0.25, 0.3) is 0 Å². The fourth-order valence-electron chi connectivity index (χ4n) is 1.34. The van der Waals surface area contributed by atoms with E-state index in [0.29, 0.717) is 11.0 Å². The summed E-state index contributed by atoms with van der Waals surface area (Å²) in [6, 6.07) is 1.89. The second-order valence-electron chi connectivity index (χ2n) is 3.20. The molecule has 0 aromatic heterocycles. The summed E-state index contributed by atoms with van der Waals surface area (Å²) < 4.78 is 0. The maximum absolute atomic E-state index is 11.1. The van der Waals surface area contributed by atoms with E-state index in [4.69, 9.17) is 5.26 Å². The standard InChI is InChI=1S/C9H15N3OS/c10-3-6-12-9(13)7-14-8-1-4-11-5-2-8/h8,11H,1-2,4-7H2,(H,12,13). The summed E-state index contributed by atoms with van der Waals surface area (Å²) >= 11 is 1.69. The smallest absolute Gasteiger partial charge is 0.230 e. The Bertz CT molecular complexity index is 221. The van der Waals surface area contributed by atoms with Crippen molar-refractivity contribution in [3.8, 4) is 6.07 Å². The lowest BCUT2D eigenvalue weighted by Gasteiger charge is -2.21. The van der Waals surface area contributed by atoms with Crippen molar-refractivity contribution in [2.45, 2.75) is 18.1 Å². The van der Waals surface area contributed by atoms with Gasteiger partial charge in [-0.15, -0.1) is 11.8 Å². The van der Waals surface area contributed by atoms with E-state index in [0.717, 1.165) is 25.9 Å². The van der Waals surface area contributed by atoms with Crippen LogP contribution in [0, 0.1) is 11.3 Å². The van der Waals surface area contributed by atoms with E-state index < -0.39 is 0 Å². The third kappa shape index (κ3) is 4.49. The molecule has 1 saturated heterocycles. The lowest BCUT2D eigenvalue weighted by Crippen LogP contribution is -2.31. The number of carbonyl (C=O) groups excluding carboxylic acids is 1. The maximum Gasteiger partial charge on any atom is 0.230 e. The minimum atomic E-state index is -0.0323. The number of nitrogens with one attached hydrogen (secondary N) is 2. The van der Waals surface area contributed by atoms with Gasteiger partial charge in [-0.25, -0.2) is 0 Å². The van der Waals surface area contributed by atoms with Gasteiger partial charge in [-0.1, -0.05) is 0 Å². The van der Waals surface area contributed by atoms with Gasteiger partial charge in [0, 0.05) is 5.25 Å². The molecule has 0 unspecified atom stereocenters. The molecular formula is C9H15N3OS. The van der Waals surface area contributed by atoms with E-state index in [-0.39, 0.29) is 12.5 Å². The third-order valence-corrected chi connectivity index (χ3v) is 3.47.